The number of amides is 1. The number of carbonyl (C=O) groups excluding carboxylic acids is 1. The molecular weight excluding hydrogens is 453 g/mol. The molecule has 186 valence electrons. The minimum absolute atomic E-state index is 0.115. The Morgan fingerprint density at radius 1 is 1.11 bits per heavy atom. The smallest absolute Gasteiger partial charge is 0.254 e. The number of nitrogens with zero attached hydrogens (tertiary/aromatic N) is 3. The summed E-state index contributed by atoms with van der Waals surface area (Å²) in [7, 11) is 0. The number of aliphatic hydroxyl groups is 1. The predicted octanol–water partition coefficient (Wildman–Crippen LogP) is 5.35. The molecule has 1 saturated carbocycles. The first kappa shape index (κ1) is 23.2. The highest BCUT2D eigenvalue weighted by molar-refractivity contribution is 5.95. The van der Waals surface area contributed by atoms with Gasteiger partial charge in [0.25, 0.3) is 5.91 Å². The molecule has 2 fully saturated rings. The fourth-order valence-corrected chi connectivity index (χ4v) is 6.50. The molecule has 0 bridgehead atoms. The maximum absolute atomic E-state index is 13.4. The van der Waals surface area contributed by atoms with Crippen LogP contribution >= 0.6 is 0 Å². The van der Waals surface area contributed by atoms with Gasteiger partial charge in [-0.3, -0.25) is 4.79 Å². The Labute approximate surface area is 211 Å². The van der Waals surface area contributed by atoms with E-state index in [1.54, 1.807) is 12.1 Å². The molecule has 1 aliphatic heterocycles. The Morgan fingerprint density at radius 3 is 2.64 bits per heavy atom. The lowest BCUT2D eigenvalue weighted by Crippen LogP contribution is -2.45. The SMILES string of the molecule is CC12Cc3cnn(-c4ccc(F)cc4)c3C=C1CC[C@@]2(O)CCc1ccccc1C(=O)N1CCCC1. The minimum atomic E-state index is -0.863. The van der Waals surface area contributed by atoms with Crippen LogP contribution in [0.4, 0.5) is 4.39 Å². The largest absolute Gasteiger partial charge is 0.389 e. The summed E-state index contributed by atoms with van der Waals surface area (Å²) in [5.74, 6) is -0.154. The quantitative estimate of drug-likeness (QED) is 0.530. The van der Waals surface area contributed by atoms with Crippen molar-refractivity contribution in [2.45, 2.75) is 57.5 Å². The summed E-state index contributed by atoms with van der Waals surface area (Å²) in [6.07, 6.45) is 9.70. The summed E-state index contributed by atoms with van der Waals surface area (Å²) in [5.41, 5.74) is 4.71. The normalized spacial score (nSPS) is 25.0. The lowest BCUT2D eigenvalue weighted by Gasteiger charge is -2.42. The van der Waals surface area contributed by atoms with Gasteiger partial charge in [-0.1, -0.05) is 30.7 Å². The zero-order valence-corrected chi connectivity index (χ0v) is 20.7. The number of hydrogen-bond acceptors (Lipinski definition) is 3. The van der Waals surface area contributed by atoms with Gasteiger partial charge in [0, 0.05) is 24.1 Å². The van der Waals surface area contributed by atoms with Crippen LogP contribution in [-0.2, 0) is 12.8 Å². The van der Waals surface area contributed by atoms with Gasteiger partial charge in [0.1, 0.15) is 5.82 Å². The van der Waals surface area contributed by atoms with Crippen LogP contribution in [-0.4, -0.2) is 44.4 Å². The molecule has 3 aromatic rings. The van der Waals surface area contributed by atoms with Gasteiger partial charge in [-0.2, -0.15) is 5.10 Å². The van der Waals surface area contributed by atoms with E-state index in [0.29, 0.717) is 25.7 Å². The zero-order chi connectivity index (χ0) is 24.9. The maximum atomic E-state index is 13.4. The molecule has 5 nitrogen and oxygen atoms in total. The Kier molecular flexibility index (Phi) is 5.60. The van der Waals surface area contributed by atoms with Gasteiger partial charge in [0.2, 0.25) is 0 Å². The third-order valence-electron chi connectivity index (χ3n) is 8.81. The molecule has 1 unspecified atom stereocenters. The predicted molar refractivity (Wildman–Crippen MR) is 137 cm³/mol. The van der Waals surface area contributed by atoms with E-state index in [2.05, 4.69) is 18.1 Å². The Balaban J connectivity index is 1.25. The number of rotatable bonds is 5. The van der Waals surface area contributed by atoms with Crippen molar-refractivity contribution in [2.24, 2.45) is 5.41 Å². The molecule has 0 radical (unpaired) electrons. The second kappa shape index (κ2) is 8.70. The van der Waals surface area contributed by atoms with Crippen LogP contribution < -0.4 is 0 Å². The van der Waals surface area contributed by atoms with Crippen molar-refractivity contribution >= 4 is 12.0 Å². The van der Waals surface area contributed by atoms with Gasteiger partial charge in [-0.15, -0.1) is 0 Å². The molecule has 2 heterocycles. The Morgan fingerprint density at radius 2 is 1.86 bits per heavy atom. The average molecular weight is 486 g/mol. The van der Waals surface area contributed by atoms with E-state index in [1.807, 2.05) is 40.0 Å². The molecule has 1 N–H and O–H groups in total. The molecule has 1 aromatic heterocycles. The van der Waals surface area contributed by atoms with E-state index >= 15 is 0 Å². The highest BCUT2D eigenvalue weighted by Crippen LogP contribution is 2.56. The maximum Gasteiger partial charge on any atom is 0.254 e. The highest BCUT2D eigenvalue weighted by atomic mass is 19.1. The number of halogens is 1. The molecule has 1 saturated heterocycles. The summed E-state index contributed by atoms with van der Waals surface area (Å²) >= 11 is 0. The van der Waals surface area contributed by atoms with Crippen LogP contribution in [0.15, 0.2) is 60.3 Å². The minimum Gasteiger partial charge on any atom is -0.389 e. The van der Waals surface area contributed by atoms with Gasteiger partial charge < -0.3 is 10.0 Å². The van der Waals surface area contributed by atoms with Gasteiger partial charge in [0.15, 0.2) is 0 Å². The number of aromatic nitrogens is 2. The van der Waals surface area contributed by atoms with Crippen molar-refractivity contribution in [1.82, 2.24) is 14.7 Å². The molecule has 6 rings (SSSR count). The molecule has 2 aliphatic carbocycles. The lowest BCUT2D eigenvalue weighted by molar-refractivity contribution is -0.0462. The third kappa shape index (κ3) is 3.70. The van der Waals surface area contributed by atoms with Crippen molar-refractivity contribution in [3.63, 3.8) is 0 Å². The summed E-state index contributed by atoms with van der Waals surface area (Å²) in [6.45, 7) is 3.83. The van der Waals surface area contributed by atoms with Crippen LogP contribution in [0.1, 0.15) is 66.2 Å². The second-order valence-corrected chi connectivity index (χ2v) is 10.8. The number of aryl methyl sites for hydroxylation is 1. The van der Waals surface area contributed by atoms with Crippen molar-refractivity contribution in [1.29, 1.82) is 0 Å². The molecule has 3 aliphatic rings. The first-order valence-corrected chi connectivity index (χ1v) is 13.0. The van der Waals surface area contributed by atoms with Crippen LogP contribution in [0.5, 0.6) is 0 Å². The van der Waals surface area contributed by atoms with Gasteiger partial charge in [0.05, 0.1) is 23.2 Å². The molecule has 6 heteroatoms. The topological polar surface area (TPSA) is 58.4 Å². The fourth-order valence-electron chi connectivity index (χ4n) is 6.50. The van der Waals surface area contributed by atoms with Gasteiger partial charge >= 0.3 is 0 Å². The van der Waals surface area contributed by atoms with Gasteiger partial charge in [-0.25, -0.2) is 9.07 Å². The molecule has 1 amide bonds. The summed E-state index contributed by atoms with van der Waals surface area (Å²) in [4.78, 5) is 15.1. The van der Waals surface area contributed by atoms with E-state index in [4.69, 9.17) is 0 Å². The van der Waals surface area contributed by atoms with Crippen LogP contribution in [0.3, 0.4) is 0 Å². The number of fused-ring (bicyclic) bond motifs is 2. The monoisotopic (exact) mass is 485 g/mol. The molecule has 2 aromatic carbocycles. The third-order valence-corrected chi connectivity index (χ3v) is 8.81. The van der Waals surface area contributed by atoms with E-state index in [9.17, 15) is 14.3 Å². The summed E-state index contributed by atoms with van der Waals surface area (Å²) in [5, 5.41) is 16.6. The van der Waals surface area contributed by atoms with Crippen molar-refractivity contribution in [3.8, 4) is 5.69 Å². The molecule has 0 spiro atoms. The first-order valence-electron chi connectivity index (χ1n) is 13.0. The van der Waals surface area contributed by atoms with Crippen molar-refractivity contribution < 1.29 is 14.3 Å². The van der Waals surface area contributed by atoms with Crippen LogP contribution in [0.2, 0.25) is 0 Å². The Hall–Kier alpha value is -3.25. The Bertz CT molecular complexity index is 1340. The lowest BCUT2D eigenvalue weighted by atomic mass is 9.65. The van der Waals surface area contributed by atoms with Crippen LogP contribution in [0.25, 0.3) is 11.8 Å². The number of hydrogen-bond donors (Lipinski definition) is 1. The van der Waals surface area contributed by atoms with E-state index in [0.717, 1.165) is 60.4 Å². The average Bonchev–Trinajstić information content (AvgIpc) is 3.61. The molecule has 36 heavy (non-hydrogen) atoms. The first-order chi connectivity index (χ1) is 17.4. The highest BCUT2D eigenvalue weighted by Gasteiger charge is 2.54. The van der Waals surface area contributed by atoms with Gasteiger partial charge in [-0.05, 0) is 92.5 Å². The second-order valence-electron chi connectivity index (χ2n) is 10.8. The van der Waals surface area contributed by atoms with Crippen LogP contribution in [0, 0.1) is 11.2 Å². The van der Waals surface area contributed by atoms with E-state index < -0.39 is 5.60 Å². The van der Waals surface area contributed by atoms with E-state index in [1.165, 1.54) is 17.7 Å². The number of likely N-dealkylation sites (tertiary alicyclic amines) is 1. The zero-order valence-electron chi connectivity index (χ0n) is 20.7. The molecule has 2 atom stereocenters. The fraction of sp³-hybridized carbons (Fsp3) is 0.400. The van der Waals surface area contributed by atoms with Crippen molar-refractivity contribution in [3.05, 3.63) is 88.5 Å². The summed E-state index contributed by atoms with van der Waals surface area (Å²) in [6, 6.07) is 14.2. The van der Waals surface area contributed by atoms with Crippen molar-refractivity contribution in [2.75, 3.05) is 13.1 Å². The number of benzene rings is 2. The van der Waals surface area contributed by atoms with E-state index in [-0.39, 0.29) is 17.1 Å². The summed E-state index contributed by atoms with van der Waals surface area (Å²) < 4.78 is 15.3. The molecular formula is C30H32FN3O2. The standard InChI is InChI=1S/C30H32FN3O2/c1-29-19-22-20-32-34(25-10-8-24(31)9-11-25)27(22)18-23(29)13-15-30(29,36)14-12-21-6-2-3-7-26(21)28(35)33-16-4-5-17-33/h2-3,6-11,18,20,36H,4-5,12-17,19H2,1H3/t29?,30-/m0/s1. The number of carbonyl (C=O) groups is 1.